The van der Waals surface area contributed by atoms with Crippen LogP contribution < -0.4 is 5.32 Å². The Hall–Kier alpha value is -1.07. The van der Waals surface area contributed by atoms with Gasteiger partial charge in [0.25, 0.3) is 0 Å². The summed E-state index contributed by atoms with van der Waals surface area (Å²) in [5.74, 6) is 0. The summed E-state index contributed by atoms with van der Waals surface area (Å²) in [6.45, 7) is 5.74. The molecule has 5 heteroatoms. The molecule has 1 aromatic rings. The van der Waals surface area contributed by atoms with E-state index in [9.17, 15) is 13.2 Å². The summed E-state index contributed by atoms with van der Waals surface area (Å²) in [5.41, 5.74) is 0.209. The van der Waals surface area contributed by atoms with Crippen LogP contribution in [0, 0.1) is 0 Å². The van der Waals surface area contributed by atoms with Gasteiger partial charge in [0.15, 0.2) is 0 Å². The van der Waals surface area contributed by atoms with E-state index in [1.165, 1.54) is 12.1 Å². The van der Waals surface area contributed by atoms with E-state index < -0.39 is 11.7 Å². The van der Waals surface area contributed by atoms with Crippen molar-refractivity contribution in [3.05, 3.63) is 35.4 Å². The van der Waals surface area contributed by atoms with Crippen molar-refractivity contribution in [2.75, 3.05) is 13.2 Å². The lowest BCUT2D eigenvalue weighted by Gasteiger charge is -2.13. The van der Waals surface area contributed by atoms with E-state index in [1.807, 2.05) is 13.8 Å². The molecule has 102 valence electrons. The van der Waals surface area contributed by atoms with Crippen molar-refractivity contribution in [1.82, 2.24) is 5.32 Å². The van der Waals surface area contributed by atoms with E-state index in [-0.39, 0.29) is 6.10 Å². The van der Waals surface area contributed by atoms with Gasteiger partial charge in [-0.2, -0.15) is 13.2 Å². The lowest BCUT2D eigenvalue weighted by molar-refractivity contribution is -0.137. The normalized spacial score (nSPS) is 13.6. The Bertz CT molecular complexity index is 348. The van der Waals surface area contributed by atoms with Gasteiger partial charge in [0, 0.05) is 19.7 Å². The highest BCUT2D eigenvalue weighted by Crippen LogP contribution is 2.28. The van der Waals surface area contributed by atoms with Gasteiger partial charge in [-0.3, -0.25) is 0 Å². The highest BCUT2D eigenvalue weighted by Gasteiger charge is 2.29. The highest BCUT2D eigenvalue weighted by atomic mass is 19.4. The molecule has 0 saturated heterocycles. The first-order valence-corrected chi connectivity index (χ1v) is 5.92. The monoisotopic (exact) mass is 261 g/mol. The SMILES string of the molecule is CCOC(C)CNCc1ccc(C(F)(F)F)cc1. The van der Waals surface area contributed by atoms with Crippen LogP contribution in [0.25, 0.3) is 0 Å². The van der Waals surface area contributed by atoms with Crippen LogP contribution in [0.3, 0.4) is 0 Å². The minimum Gasteiger partial charge on any atom is -0.377 e. The second-order valence-corrected chi connectivity index (χ2v) is 4.09. The number of hydrogen-bond donors (Lipinski definition) is 1. The molecule has 0 radical (unpaired) electrons. The summed E-state index contributed by atoms with van der Waals surface area (Å²) in [5, 5.41) is 3.14. The number of ether oxygens (including phenoxy) is 1. The lowest BCUT2D eigenvalue weighted by Crippen LogP contribution is -2.26. The molecule has 2 nitrogen and oxygen atoms in total. The molecule has 1 N–H and O–H groups in total. The second-order valence-electron chi connectivity index (χ2n) is 4.09. The smallest absolute Gasteiger partial charge is 0.377 e. The molecule has 0 aliphatic carbocycles. The van der Waals surface area contributed by atoms with Gasteiger partial charge in [0.2, 0.25) is 0 Å². The molecule has 0 heterocycles. The highest BCUT2D eigenvalue weighted by molar-refractivity contribution is 5.24. The number of nitrogens with one attached hydrogen (secondary N) is 1. The van der Waals surface area contributed by atoms with Crippen LogP contribution in [0.1, 0.15) is 25.0 Å². The third-order valence-electron chi connectivity index (χ3n) is 2.49. The van der Waals surface area contributed by atoms with Crippen molar-refractivity contribution in [1.29, 1.82) is 0 Å². The third-order valence-corrected chi connectivity index (χ3v) is 2.49. The van der Waals surface area contributed by atoms with E-state index in [4.69, 9.17) is 4.74 Å². The van der Waals surface area contributed by atoms with Gasteiger partial charge in [-0.05, 0) is 31.5 Å². The first-order chi connectivity index (χ1) is 8.43. The Morgan fingerprint density at radius 2 is 1.83 bits per heavy atom. The van der Waals surface area contributed by atoms with Crippen molar-refractivity contribution >= 4 is 0 Å². The first-order valence-electron chi connectivity index (χ1n) is 5.92. The average molecular weight is 261 g/mol. The van der Waals surface area contributed by atoms with Crippen molar-refractivity contribution in [3.63, 3.8) is 0 Å². The standard InChI is InChI=1S/C13H18F3NO/c1-3-18-10(2)8-17-9-11-4-6-12(7-5-11)13(14,15)16/h4-7,10,17H,3,8-9H2,1-2H3. The van der Waals surface area contributed by atoms with Gasteiger partial charge < -0.3 is 10.1 Å². The molecule has 0 saturated carbocycles. The third kappa shape index (κ3) is 5.06. The van der Waals surface area contributed by atoms with Crippen LogP contribution in [0.4, 0.5) is 13.2 Å². The topological polar surface area (TPSA) is 21.3 Å². The Kier molecular flexibility index (Phi) is 5.62. The van der Waals surface area contributed by atoms with Crippen LogP contribution in [-0.4, -0.2) is 19.3 Å². The number of halogens is 3. The molecular weight excluding hydrogens is 243 g/mol. The molecule has 1 rings (SSSR count). The van der Waals surface area contributed by atoms with Gasteiger partial charge in [0.1, 0.15) is 0 Å². The summed E-state index contributed by atoms with van der Waals surface area (Å²) in [6, 6.07) is 5.17. The van der Waals surface area contributed by atoms with Crippen molar-refractivity contribution in [2.24, 2.45) is 0 Å². The fourth-order valence-electron chi connectivity index (χ4n) is 1.57. The number of alkyl halides is 3. The van der Waals surface area contributed by atoms with E-state index >= 15 is 0 Å². The van der Waals surface area contributed by atoms with Gasteiger partial charge in [0.05, 0.1) is 11.7 Å². The summed E-state index contributed by atoms with van der Waals surface area (Å²) >= 11 is 0. The van der Waals surface area contributed by atoms with Gasteiger partial charge in [-0.15, -0.1) is 0 Å². The summed E-state index contributed by atoms with van der Waals surface area (Å²) in [7, 11) is 0. The molecule has 1 unspecified atom stereocenters. The molecule has 1 aromatic carbocycles. The number of hydrogen-bond acceptors (Lipinski definition) is 2. The molecule has 0 aromatic heterocycles. The van der Waals surface area contributed by atoms with Crippen LogP contribution in [0.2, 0.25) is 0 Å². The predicted octanol–water partition coefficient (Wildman–Crippen LogP) is 3.22. The van der Waals surface area contributed by atoms with E-state index in [1.54, 1.807) is 0 Å². The van der Waals surface area contributed by atoms with Crippen molar-refractivity contribution < 1.29 is 17.9 Å². The molecule has 0 spiro atoms. The van der Waals surface area contributed by atoms with E-state index in [0.29, 0.717) is 19.7 Å². The number of rotatable bonds is 6. The maximum Gasteiger partial charge on any atom is 0.416 e. The Morgan fingerprint density at radius 1 is 1.22 bits per heavy atom. The average Bonchev–Trinajstić information content (AvgIpc) is 2.29. The lowest BCUT2D eigenvalue weighted by atomic mass is 10.1. The Labute approximate surface area is 105 Å². The predicted molar refractivity (Wildman–Crippen MR) is 64.2 cm³/mol. The van der Waals surface area contributed by atoms with E-state index in [2.05, 4.69) is 5.32 Å². The maximum atomic E-state index is 12.3. The van der Waals surface area contributed by atoms with Gasteiger partial charge >= 0.3 is 6.18 Å². The molecule has 0 bridgehead atoms. The first kappa shape index (κ1) is 15.0. The van der Waals surface area contributed by atoms with Crippen molar-refractivity contribution in [2.45, 2.75) is 32.7 Å². The zero-order valence-corrected chi connectivity index (χ0v) is 10.6. The minimum atomic E-state index is -4.27. The van der Waals surface area contributed by atoms with Crippen LogP contribution in [0.15, 0.2) is 24.3 Å². The zero-order chi connectivity index (χ0) is 13.6. The summed E-state index contributed by atoms with van der Waals surface area (Å²) in [4.78, 5) is 0. The number of benzene rings is 1. The second kappa shape index (κ2) is 6.75. The van der Waals surface area contributed by atoms with Crippen LogP contribution in [-0.2, 0) is 17.5 Å². The van der Waals surface area contributed by atoms with E-state index in [0.717, 1.165) is 17.7 Å². The molecule has 0 aliphatic rings. The molecule has 1 atom stereocenters. The molecule has 18 heavy (non-hydrogen) atoms. The van der Waals surface area contributed by atoms with Crippen LogP contribution in [0.5, 0.6) is 0 Å². The minimum absolute atomic E-state index is 0.101. The Balaban J connectivity index is 2.40. The molecule has 0 amide bonds. The zero-order valence-electron chi connectivity index (χ0n) is 10.6. The molecular formula is C13H18F3NO. The fourth-order valence-corrected chi connectivity index (χ4v) is 1.57. The van der Waals surface area contributed by atoms with Crippen LogP contribution >= 0.6 is 0 Å². The van der Waals surface area contributed by atoms with Gasteiger partial charge in [-0.1, -0.05) is 12.1 Å². The van der Waals surface area contributed by atoms with Gasteiger partial charge in [-0.25, -0.2) is 0 Å². The summed E-state index contributed by atoms with van der Waals surface area (Å²) < 4.78 is 42.3. The maximum absolute atomic E-state index is 12.3. The molecule has 0 aliphatic heterocycles. The largest absolute Gasteiger partial charge is 0.416 e. The quantitative estimate of drug-likeness (QED) is 0.849. The molecule has 0 fully saturated rings. The Morgan fingerprint density at radius 3 is 2.33 bits per heavy atom. The fraction of sp³-hybridized carbons (Fsp3) is 0.538. The van der Waals surface area contributed by atoms with Crippen molar-refractivity contribution in [3.8, 4) is 0 Å². The summed E-state index contributed by atoms with van der Waals surface area (Å²) in [6.07, 6.45) is -4.17.